The first-order valence-electron chi connectivity index (χ1n) is 8.25. The van der Waals surface area contributed by atoms with Crippen LogP contribution in [0.1, 0.15) is 36.4 Å². The second-order valence-corrected chi connectivity index (χ2v) is 6.57. The maximum Gasteiger partial charge on any atom is 0.228 e. The fourth-order valence-electron chi connectivity index (χ4n) is 3.97. The van der Waals surface area contributed by atoms with Crippen LogP contribution in [0.3, 0.4) is 0 Å². The number of aromatic amines is 1. The molecule has 0 radical (unpaired) electrons. The van der Waals surface area contributed by atoms with Crippen LogP contribution in [0.25, 0.3) is 10.9 Å². The topological polar surface area (TPSA) is 97.5 Å². The number of nitrogens with two attached hydrogens (primary N) is 1. The molecule has 3 unspecified atom stereocenters. The Morgan fingerprint density at radius 3 is 3.00 bits per heavy atom. The number of carbonyl (C=O) groups excluding carboxylic acids is 1. The molecule has 1 fully saturated rings. The second-order valence-electron chi connectivity index (χ2n) is 6.57. The average Bonchev–Trinajstić information content (AvgIpc) is 3.10. The minimum absolute atomic E-state index is 0.203. The molecule has 0 aromatic carbocycles. The highest BCUT2D eigenvalue weighted by atomic mass is 19.1. The van der Waals surface area contributed by atoms with Crippen LogP contribution in [0.2, 0.25) is 0 Å². The summed E-state index contributed by atoms with van der Waals surface area (Å²) in [5.41, 5.74) is 7.01. The number of hydrogen-bond acceptors (Lipinski definition) is 4. The van der Waals surface area contributed by atoms with E-state index in [0.717, 1.165) is 10.9 Å². The van der Waals surface area contributed by atoms with Gasteiger partial charge in [-0.25, -0.2) is 4.39 Å². The number of primary amides is 1. The largest absolute Gasteiger partial charge is 0.369 e. The van der Waals surface area contributed by atoms with Crippen molar-refractivity contribution in [2.24, 2.45) is 5.73 Å². The number of nitrogens with zero attached hydrogens (tertiary/aromatic N) is 3. The van der Waals surface area contributed by atoms with Gasteiger partial charge in [-0.15, -0.1) is 0 Å². The molecule has 25 heavy (non-hydrogen) atoms. The van der Waals surface area contributed by atoms with Gasteiger partial charge in [-0.05, 0) is 37.0 Å². The lowest BCUT2D eigenvalue weighted by molar-refractivity contribution is -0.126. The van der Waals surface area contributed by atoms with Gasteiger partial charge >= 0.3 is 0 Å². The van der Waals surface area contributed by atoms with Gasteiger partial charge in [-0.3, -0.25) is 19.9 Å². The third kappa shape index (κ3) is 2.47. The Morgan fingerprint density at radius 2 is 2.24 bits per heavy atom. The number of H-pyrrole nitrogens is 1. The first kappa shape index (κ1) is 15.7. The van der Waals surface area contributed by atoms with Crippen LogP contribution in [0.15, 0.2) is 43.0 Å². The molecule has 1 aliphatic carbocycles. The highest BCUT2D eigenvalue weighted by molar-refractivity contribution is 5.88. The van der Waals surface area contributed by atoms with Crippen molar-refractivity contribution in [2.75, 3.05) is 0 Å². The van der Waals surface area contributed by atoms with Gasteiger partial charge in [0.25, 0.3) is 0 Å². The Balaban J connectivity index is 1.89. The molecule has 4 rings (SSSR count). The van der Waals surface area contributed by atoms with Gasteiger partial charge in [-0.2, -0.15) is 5.10 Å². The van der Waals surface area contributed by atoms with E-state index >= 15 is 0 Å². The summed E-state index contributed by atoms with van der Waals surface area (Å²) in [7, 11) is 0. The standard InChI is InChI=1S/C18H18FN5O/c19-13-3-4-18(17(20)25,12-2-1-5-21-9-12)14(7-13)15-6-11-8-23-24-16(11)10-22-15/h1-2,5-6,8-10,13-14H,3-4,7H2,(H2,20,25)(H,23,24). The number of halogens is 1. The third-order valence-electron chi connectivity index (χ3n) is 5.26. The first-order valence-corrected chi connectivity index (χ1v) is 8.25. The minimum Gasteiger partial charge on any atom is -0.369 e. The number of fused-ring (bicyclic) bond motifs is 1. The predicted molar refractivity (Wildman–Crippen MR) is 90.5 cm³/mol. The Bertz CT molecular complexity index is 912. The first-order chi connectivity index (χ1) is 12.1. The van der Waals surface area contributed by atoms with E-state index in [2.05, 4.69) is 20.2 Å². The number of nitrogens with one attached hydrogen (secondary N) is 1. The molecule has 3 N–H and O–H groups in total. The number of carbonyl (C=O) groups is 1. The van der Waals surface area contributed by atoms with Crippen LogP contribution in [0.4, 0.5) is 4.39 Å². The molecule has 1 amide bonds. The zero-order chi connectivity index (χ0) is 17.4. The fraction of sp³-hybridized carbons (Fsp3) is 0.333. The van der Waals surface area contributed by atoms with Crippen LogP contribution in [0.5, 0.6) is 0 Å². The monoisotopic (exact) mass is 339 g/mol. The average molecular weight is 339 g/mol. The van der Waals surface area contributed by atoms with Crippen LogP contribution >= 0.6 is 0 Å². The van der Waals surface area contributed by atoms with E-state index < -0.39 is 23.4 Å². The van der Waals surface area contributed by atoms with E-state index in [1.54, 1.807) is 30.9 Å². The van der Waals surface area contributed by atoms with E-state index in [1.165, 1.54) is 0 Å². The SMILES string of the molecule is NC(=O)C1(c2cccnc2)CCC(F)CC1c1cc2cn[nH]c2cn1. The van der Waals surface area contributed by atoms with Crippen LogP contribution in [-0.4, -0.2) is 32.2 Å². The number of rotatable bonds is 3. The summed E-state index contributed by atoms with van der Waals surface area (Å²) in [6, 6.07) is 5.46. The Kier molecular flexibility index (Phi) is 3.71. The maximum atomic E-state index is 14.3. The van der Waals surface area contributed by atoms with Crippen molar-refractivity contribution in [1.82, 2.24) is 20.2 Å². The van der Waals surface area contributed by atoms with Crippen molar-refractivity contribution in [1.29, 1.82) is 0 Å². The second kappa shape index (κ2) is 5.91. The summed E-state index contributed by atoms with van der Waals surface area (Å²) in [6.07, 6.45) is 6.48. The number of amides is 1. The molecule has 3 atom stereocenters. The molecule has 6 nitrogen and oxygen atoms in total. The van der Waals surface area contributed by atoms with Crippen molar-refractivity contribution < 1.29 is 9.18 Å². The third-order valence-corrected chi connectivity index (χ3v) is 5.26. The van der Waals surface area contributed by atoms with Gasteiger partial charge in [0.2, 0.25) is 5.91 Å². The van der Waals surface area contributed by atoms with E-state index in [0.29, 0.717) is 24.1 Å². The zero-order valence-corrected chi connectivity index (χ0v) is 13.5. The Labute approximate surface area is 143 Å². The van der Waals surface area contributed by atoms with Crippen molar-refractivity contribution in [3.8, 4) is 0 Å². The van der Waals surface area contributed by atoms with Gasteiger partial charge in [0.15, 0.2) is 0 Å². The summed E-state index contributed by atoms with van der Waals surface area (Å²) >= 11 is 0. The molecule has 0 saturated heterocycles. The number of hydrogen-bond donors (Lipinski definition) is 2. The van der Waals surface area contributed by atoms with Crippen LogP contribution < -0.4 is 5.73 Å². The quantitative estimate of drug-likeness (QED) is 0.765. The lowest BCUT2D eigenvalue weighted by Gasteiger charge is -2.42. The van der Waals surface area contributed by atoms with Gasteiger partial charge in [-0.1, -0.05) is 6.07 Å². The fourth-order valence-corrected chi connectivity index (χ4v) is 3.97. The molecule has 0 spiro atoms. The summed E-state index contributed by atoms with van der Waals surface area (Å²) < 4.78 is 14.3. The van der Waals surface area contributed by atoms with Crippen molar-refractivity contribution in [3.63, 3.8) is 0 Å². The number of aromatic nitrogens is 4. The predicted octanol–water partition coefficient (Wildman–Crippen LogP) is 2.38. The lowest BCUT2D eigenvalue weighted by atomic mass is 9.60. The van der Waals surface area contributed by atoms with Crippen LogP contribution in [0, 0.1) is 0 Å². The molecule has 3 aromatic heterocycles. The molecule has 1 saturated carbocycles. The highest BCUT2D eigenvalue weighted by Crippen LogP contribution is 2.49. The minimum atomic E-state index is -1.01. The van der Waals surface area contributed by atoms with Gasteiger partial charge in [0, 0.05) is 29.4 Å². The lowest BCUT2D eigenvalue weighted by Crippen LogP contribution is -2.50. The maximum absolute atomic E-state index is 14.3. The summed E-state index contributed by atoms with van der Waals surface area (Å²) in [4.78, 5) is 21.2. The molecule has 3 aromatic rings. The van der Waals surface area contributed by atoms with Crippen molar-refractivity contribution in [3.05, 3.63) is 54.2 Å². The molecular weight excluding hydrogens is 321 g/mol. The Morgan fingerprint density at radius 1 is 1.36 bits per heavy atom. The van der Waals surface area contributed by atoms with E-state index in [1.807, 2.05) is 12.1 Å². The molecule has 0 bridgehead atoms. The van der Waals surface area contributed by atoms with E-state index in [-0.39, 0.29) is 6.42 Å². The van der Waals surface area contributed by atoms with Gasteiger partial charge in [0.1, 0.15) is 6.17 Å². The van der Waals surface area contributed by atoms with E-state index in [9.17, 15) is 9.18 Å². The van der Waals surface area contributed by atoms with Crippen molar-refractivity contribution >= 4 is 16.8 Å². The Hall–Kier alpha value is -2.83. The normalized spacial score (nSPS) is 26.6. The summed E-state index contributed by atoms with van der Waals surface area (Å²) in [6.45, 7) is 0. The van der Waals surface area contributed by atoms with Gasteiger partial charge < -0.3 is 5.73 Å². The van der Waals surface area contributed by atoms with Crippen molar-refractivity contribution in [2.45, 2.75) is 36.8 Å². The molecule has 0 aliphatic heterocycles. The molecular formula is C18H18FN5O. The molecule has 7 heteroatoms. The molecule has 3 heterocycles. The van der Waals surface area contributed by atoms with Crippen LogP contribution in [-0.2, 0) is 10.2 Å². The zero-order valence-electron chi connectivity index (χ0n) is 13.5. The van der Waals surface area contributed by atoms with Gasteiger partial charge in [0.05, 0.1) is 23.3 Å². The summed E-state index contributed by atoms with van der Waals surface area (Å²) in [5, 5.41) is 7.71. The highest BCUT2D eigenvalue weighted by Gasteiger charge is 2.51. The molecule has 1 aliphatic rings. The summed E-state index contributed by atoms with van der Waals surface area (Å²) in [5.74, 6) is -0.913. The van der Waals surface area contributed by atoms with E-state index in [4.69, 9.17) is 5.73 Å². The number of alkyl halides is 1. The smallest absolute Gasteiger partial charge is 0.228 e. The molecule has 128 valence electrons. The number of pyridine rings is 2.